The van der Waals surface area contributed by atoms with E-state index in [1.54, 1.807) is 0 Å². The molecule has 2 heteroatoms. The predicted octanol–water partition coefficient (Wildman–Crippen LogP) is 4.48. The molecular weight excluding hydrogens is 256 g/mol. The topological polar surface area (TPSA) is 9.23 Å². The molecule has 2 rings (SSSR count). The highest BCUT2D eigenvalue weighted by atomic mass is 35.5. The van der Waals surface area contributed by atoms with Gasteiger partial charge in [-0.05, 0) is 49.3 Å². The predicted molar refractivity (Wildman–Crippen MR) is 80.6 cm³/mol. The van der Waals surface area contributed by atoms with Gasteiger partial charge < -0.3 is 4.74 Å². The van der Waals surface area contributed by atoms with Crippen LogP contribution < -0.4 is 4.74 Å². The van der Waals surface area contributed by atoms with Gasteiger partial charge in [0.05, 0.1) is 12.0 Å². The number of rotatable bonds is 2. The number of hydrogen-bond acceptors (Lipinski definition) is 1. The van der Waals surface area contributed by atoms with Crippen LogP contribution in [0.3, 0.4) is 0 Å². The summed E-state index contributed by atoms with van der Waals surface area (Å²) < 4.78 is 6.09. The highest BCUT2D eigenvalue weighted by molar-refractivity contribution is 6.19. The van der Waals surface area contributed by atoms with Gasteiger partial charge in [-0.2, -0.15) is 0 Å². The Morgan fingerprint density at radius 3 is 2.84 bits per heavy atom. The zero-order chi connectivity index (χ0) is 13.7. The lowest BCUT2D eigenvalue weighted by atomic mass is 9.80. The first-order chi connectivity index (χ1) is 9.19. The fraction of sp³-hybridized carbons (Fsp3) is 0.529. The van der Waals surface area contributed by atoms with Crippen LogP contribution in [0.4, 0.5) is 0 Å². The minimum atomic E-state index is 0.349. The van der Waals surface area contributed by atoms with Gasteiger partial charge >= 0.3 is 0 Å². The second-order valence-corrected chi connectivity index (χ2v) is 5.74. The average molecular weight is 277 g/mol. The fourth-order valence-corrected chi connectivity index (χ4v) is 2.65. The summed E-state index contributed by atoms with van der Waals surface area (Å²) in [5.41, 5.74) is 0.968. The molecule has 0 spiro atoms. The molecule has 1 aliphatic rings. The lowest BCUT2D eigenvalue weighted by Crippen LogP contribution is -2.28. The summed E-state index contributed by atoms with van der Waals surface area (Å²) in [4.78, 5) is 0. The van der Waals surface area contributed by atoms with Crippen molar-refractivity contribution in [3.63, 3.8) is 0 Å². The van der Waals surface area contributed by atoms with Crippen LogP contribution in [-0.4, -0.2) is 12.0 Å². The standard InChI is InChI=1S/C17H21ClO/c1-13-8-9-17(11-14(13)2)19-16-7-3-5-15(12-16)6-4-10-18/h3,5,7,12-14,17H,8-11H2,1-2H3. The summed E-state index contributed by atoms with van der Waals surface area (Å²) >= 11 is 5.57. The molecule has 102 valence electrons. The van der Waals surface area contributed by atoms with Crippen LogP contribution in [0.2, 0.25) is 0 Å². The first kappa shape index (κ1) is 14.3. The Bertz CT molecular complexity index is 472. The van der Waals surface area contributed by atoms with Crippen molar-refractivity contribution >= 4 is 11.6 Å². The van der Waals surface area contributed by atoms with Crippen LogP contribution >= 0.6 is 11.6 Å². The lowest BCUT2D eigenvalue weighted by molar-refractivity contribution is 0.101. The highest BCUT2D eigenvalue weighted by Gasteiger charge is 2.25. The van der Waals surface area contributed by atoms with E-state index in [1.807, 2.05) is 24.3 Å². The maximum absolute atomic E-state index is 6.09. The SMILES string of the molecule is CC1CCC(Oc2cccc(C#CCCl)c2)CC1C. The normalized spacial score (nSPS) is 26.4. The molecular formula is C17H21ClO. The molecule has 0 N–H and O–H groups in total. The van der Waals surface area contributed by atoms with Crippen LogP contribution in [0.25, 0.3) is 0 Å². The maximum Gasteiger partial charge on any atom is 0.120 e. The number of hydrogen-bond donors (Lipinski definition) is 0. The van der Waals surface area contributed by atoms with E-state index in [0.29, 0.717) is 12.0 Å². The third kappa shape index (κ3) is 4.18. The molecule has 1 fully saturated rings. The Labute approximate surface area is 121 Å². The molecule has 1 aromatic rings. The van der Waals surface area contributed by atoms with Crippen LogP contribution in [0.5, 0.6) is 5.75 Å². The molecule has 0 heterocycles. The molecule has 3 atom stereocenters. The van der Waals surface area contributed by atoms with Crippen molar-refractivity contribution in [1.29, 1.82) is 0 Å². The molecule has 1 saturated carbocycles. The van der Waals surface area contributed by atoms with Gasteiger partial charge in [0, 0.05) is 5.56 Å². The van der Waals surface area contributed by atoms with Crippen LogP contribution in [0.15, 0.2) is 24.3 Å². The zero-order valence-corrected chi connectivity index (χ0v) is 12.4. The molecule has 1 aromatic carbocycles. The Hall–Kier alpha value is -1.13. The van der Waals surface area contributed by atoms with Gasteiger partial charge in [0.15, 0.2) is 0 Å². The molecule has 19 heavy (non-hydrogen) atoms. The van der Waals surface area contributed by atoms with Crippen LogP contribution in [-0.2, 0) is 0 Å². The summed E-state index contributed by atoms with van der Waals surface area (Å²) in [5, 5.41) is 0. The maximum atomic E-state index is 6.09. The van der Waals surface area contributed by atoms with Crippen molar-refractivity contribution in [2.45, 2.75) is 39.2 Å². The van der Waals surface area contributed by atoms with Crippen LogP contribution in [0.1, 0.15) is 38.7 Å². The number of benzene rings is 1. The van der Waals surface area contributed by atoms with Crippen LogP contribution in [0, 0.1) is 23.7 Å². The Morgan fingerprint density at radius 1 is 1.26 bits per heavy atom. The van der Waals surface area contributed by atoms with E-state index in [-0.39, 0.29) is 0 Å². The molecule has 3 unspecified atom stereocenters. The van der Waals surface area contributed by atoms with E-state index in [2.05, 4.69) is 25.7 Å². The van der Waals surface area contributed by atoms with E-state index in [0.717, 1.165) is 36.0 Å². The average Bonchev–Trinajstić information content (AvgIpc) is 2.41. The fourth-order valence-electron chi connectivity index (χ4n) is 2.58. The van der Waals surface area contributed by atoms with Crippen molar-refractivity contribution < 1.29 is 4.74 Å². The van der Waals surface area contributed by atoms with Gasteiger partial charge in [-0.1, -0.05) is 31.8 Å². The molecule has 0 bridgehead atoms. The molecule has 0 amide bonds. The van der Waals surface area contributed by atoms with E-state index >= 15 is 0 Å². The number of ether oxygens (including phenoxy) is 1. The largest absolute Gasteiger partial charge is 0.490 e. The van der Waals surface area contributed by atoms with E-state index < -0.39 is 0 Å². The van der Waals surface area contributed by atoms with Crippen molar-refractivity contribution in [1.82, 2.24) is 0 Å². The minimum absolute atomic E-state index is 0.349. The zero-order valence-electron chi connectivity index (χ0n) is 11.7. The molecule has 1 aliphatic carbocycles. The summed E-state index contributed by atoms with van der Waals surface area (Å²) in [5.74, 6) is 8.75. The smallest absolute Gasteiger partial charge is 0.120 e. The molecule has 1 nitrogen and oxygen atoms in total. The Morgan fingerprint density at radius 2 is 2.11 bits per heavy atom. The van der Waals surface area contributed by atoms with E-state index in [1.165, 1.54) is 6.42 Å². The van der Waals surface area contributed by atoms with Gasteiger partial charge in [-0.3, -0.25) is 0 Å². The Balaban J connectivity index is 1.99. The molecule has 0 aliphatic heterocycles. The lowest BCUT2D eigenvalue weighted by Gasteiger charge is -2.32. The second kappa shape index (κ2) is 6.87. The van der Waals surface area contributed by atoms with Crippen molar-refractivity contribution in [2.75, 3.05) is 5.88 Å². The highest BCUT2D eigenvalue weighted by Crippen LogP contribution is 2.31. The third-order valence-electron chi connectivity index (χ3n) is 3.99. The summed E-state index contributed by atoms with van der Waals surface area (Å²) in [6.45, 7) is 4.66. The van der Waals surface area contributed by atoms with Gasteiger partial charge in [0.1, 0.15) is 5.75 Å². The first-order valence-electron chi connectivity index (χ1n) is 7.00. The summed E-state index contributed by atoms with van der Waals surface area (Å²) in [6, 6.07) is 7.98. The summed E-state index contributed by atoms with van der Waals surface area (Å²) in [6.07, 6.45) is 3.92. The van der Waals surface area contributed by atoms with E-state index in [9.17, 15) is 0 Å². The molecule has 0 radical (unpaired) electrons. The van der Waals surface area contributed by atoms with Crippen molar-refractivity contribution in [3.8, 4) is 17.6 Å². The number of halogens is 1. The third-order valence-corrected chi connectivity index (χ3v) is 4.12. The van der Waals surface area contributed by atoms with Crippen molar-refractivity contribution in [3.05, 3.63) is 29.8 Å². The molecule has 0 aromatic heterocycles. The second-order valence-electron chi connectivity index (χ2n) is 5.47. The number of alkyl halides is 1. The van der Waals surface area contributed by atoms with Gasteiger partial charge in [0.25, 0.3) is 0 Å². The minimum Gasteiger partial charge on any atom is -0.490 e. The monoisotopic (exact) mass is 276 g/mol. The first-order valence-corrected chi connectivity index (χ1v) is 7.54. The van der Waals surface area contributed by atoms with Gasteiger partial charge in [0.2, 0.25) is 0 Å². The van der Waals surface area contributed by atoms with E-state index in [4.69, 9.17) is 16.3 Å². The molecule has 0 saturated heterocycles. The van der Waals surface area contributed by atoms with Crippen molar-refractivity contribution in [2.24, 2.45) is 11.8 Å². The van der Waals surface area contributed by atoms with Gasteiger partial charge in [-0.25, -0.2) is 0 Å². The summed E-state index contributed by atoms with van der Waals surface area (Å²) in [7, 11) is 0. The Kier molecular flexibility index (Phi) is 5.16. The quantitative estimate of drug-likeness (QED) is 0.572. The van der Waals surface area contributed by atoms with Gasteiger partial charge in [-0.15, -0.1) is 11.6 Å².